The summed E-state index contributed by atoms with van der Waals surface area (Å²) in [4.78, 5) is 15.7. The van der Waals surface area contributed by atoms with Crippen LogP contribution in [0.25, 0.3) is 0 Å². The molecule has 1 aromatic carbocycles. The minimum absolute atomic E-state index is 0.221. The third-order valence-corrected chi connectivity index (χ3v) is 2.33. The molecule has 0 spiro atoms. The van der Waals surface area contributed by atoms with E-state index < -0.39 is 0 Å². The van der Waals surface area contributed by atoms with E-state index in [9.17, 15) is 4.79 Å². The number of rotatable bonds is 2. The number of halogens is 1. The fraction of sp³-hybridized carbons (Fsp3) is 0. The molecule has 2 rings (SSSR count). The van der Waals surface area contributed by atoms with Crippen LogP contribution in [-0.4, -0.2) is 10.9 Å². The number of hydrogen-bond donors (Lipinski definition) is 1. The molecule has 0 saturated carbocycles. The lowest BCUT2D eigenvalue weighted by Crippen LogP contribution is -2.12. The Morgan fingerprint density at radius 2 is 1.88 bits per heavy atom. The van der Waals surface area contributed by atoms with Gasteiger partial charge in [-0.1, -0.05) is 29.8 Å². The number of hydrogen-bond acceptors (Lipinski definition) is 2. The monoisotopic (exact) mass is 232 g/mol. The normalized spacial score (nSPS) is 9.81. The summed E-state index contributed by atoms with van der Waals surface area (Å²) in [6.45, 7) is 0. The molecular weight excluding hydrogens is 224 g/mol. The molecule has 0 fully saturated rings. The molecule has 2 aromatic rings. The number of amides is 1. The van der Waals surface area contributed by atoms with Crippen molar-refractivity contribution >= 4 is 23.3 Å². The Morgan fingerprint density at radius 3 is 2.56 bits per heavy atom. The fourth-order valence-corrected chi connectivity index (χ4v) is 1.42. The average Bonchev–Trinajstić information content (AvgIpc) is 2.33. The molecule has 0 aliphatic carbocycles. The first-order valence-corrected chi connectivity index (χ1v) is 5.12. The van der Waals surface area contributed by atoms with E-state index in [1.807, 2.05) is 6.07 Å². The average molecular weight is 233 g/mol. The number of anilines is 1. The molecule has 0 radical (unpaired) electrons. The van der Waals surface area contributed by atoms with Crippen LogP contribution in [0.15, 0.2) is 48.7 Å². The Balaban J connectivity index is 2.18. The van der Waals surface area contributed by atoms with Gasteiger partial charge in [-0.05, 0) is 24.3 Å². The predicted molar refractivity (Wildman–Crippen MR) is 63.6 cm³/mol. The molecule has 1 heterocycles. The van der Waals surface area contributed by atoms with Gasteiger partial charge in [0, 0.05) is 11.8 Å². The Morgan fingerprint density at radius 1 is 1.12 bits per heavy atom. The van der Waals surface area contributed by atoms with Gasteiger partial charge in [0.05, 0.1) is 5.02 Å². The van der Waals surface area contributed by atoms with Crippen molar-refractivity contribution in [2.45, 2.75) is 0 Å². The molecule has 0 saturated heterocycles. The van der Waals surface area contributed by atoms with Gasteiger partial charge in [0.2, 0.25) is 0 Å². The third kappa shape index (κ3) is 2.38. The largest absolute Gasteiger partial charge is 0.305 e. The molecular formula is C12H9ClN2O. The van der Waals surface area contributed by atoms with Gasteiger partial charge in [-0.2, -0.15) is 0 Å². The van der Waals surface area contributed by atoms with Gasteiger partial charge >= 0.3 is 0 Å². The zero-order chi connectivity index (χ0) is 11.4. The lowest BCUT2D eigenvalue weighted by Gasteiger charge is -2.05. The topological polar surface area (TPSA) is 42.0 Å². The number of pyridine rings is 1. The summed E-state index contributed by atoms with van der Waals surface area (Å²) in [5, 5.41) is 3.07. The second-order valence-electron chi connectivity index (χ2n) is 3.15. The van der Waals surface area contributed by atoms with Crippen molar-refractivity contribution in [1.29, 1.82) is 0 Å². The zero-order valence-electron chi connectivity index (χ0n) is 8.35. The summed E-state index contributed by atoms with van der Waals surface area (Å²) < 4.78 is 0. The lowest BCUT2D eigenvalue weighted by atomic mass is 10.2. The summed E-state index contributed by atoms with van der Waals surface area (Å²) in [5.74, 6) is 0.152. The van der Waals surface area contributed by atoms with E-state index in [1.165, 1.54) is 0 Å². The minimum Gasteiger partial charge on any atom is -0.305 e. The van der Waals surface area contributed by atoms with Gasteiger partial charge in [0.1, 0.15) is 0 Å². The van der Waals surface area contributed by atoms with Crippen molar-refractivity contribution in [3.63, 3.8) is 0 Å². The van der Waals surface area contributed by atoms with E-state index in [-0.39, 0.29) is 5.91 Å². The van der Waals surface area contributed by atoms with Crippen LogP contribution in [0, 0.1) is 0 Å². The summed E-state index contributed by atoms with van der Waals surface area (Å²) in [7, 11) is 0. The number of carbonyl (C=O) groups is 1. The van der Waals surface area contributed by atoms with Gasteiger partial charge < -0.3 is 5.32 Å². The Labute approximate surface area is 98.1 Å². The number of aromatic nitrogens is 1. The summed E-state index contributed by atoms with van der Waals surface area (Å²) in [6.07, 6.45) is 1.58. The van der Waals surface area contributed by atoms with Gasteiger partial charge in [-0.25, -0.2) is 4.98 Å². The maximum Gasteiger partial charge on any atom is 0.256 e. The molecule has 1 amide bonds. The summed E-state index contributed by atoms with van der Waals surface area (Å²) in [6, 6.07) is 12.3. The van der Waals surface area contributed by atoms with Gasteiger partial charge in [0.15, 0.2) is 5.82 Å². The molecule has 1 N–H and O–H groups in total. The first-order chi connectivity index (χ1) is 7.77. The highest BCUT2D eigenvalue weighted by Crippen LogP contribution is 2.18. The molecule has 0 unspecified atom stereocenters. The lowest BCUT2D eigenvalue weighted by molar-refractivity contribution is 0.102. The number of nitrogens with one attached hydrogen (secondary N) is 1. The molecule has 3 nitrogen and oxygen atoms in total. The van der Waals surface area contributed by atoms with E-state index >= 15 is 0 Å². The van der Waals surface area contributed by atoms with Crippen LogP contribution in [0.1, 0.15) is 10.4 Å². The van der Waals surface area contributed by atoms with Gasteiger partial charge in [-0.15, -0.1) is 0 Å². The van der Waals surface area contributed by atoms with Crippen molar-refractivity contribution < 1.29 is 4.79 Å². The van der Waals surface area contributed by atoms with Crippen molar-refractivity contribution in [3.05, 3.63) is 59.2 Å². The van der Waals surface area contributed by atoms with Crippen molar-refractivity contribution in [2.24, 2.45) is 0 Å². The van der Waals surface area contributed by atoms with Crippen LogP contribution in [0.5, 0.6) is 0 Å². The predicted octanol–water partition coefficient (Wildman–Crippen LogP) is 2.99. The van der Waals surface area contributed by atoms with Crippen molar-refractivity contribution in [1.82, 2.24) is 4.98 Å². The highest BCUT2D eigenvalue weighted by atomic mass is 35.5. The van der Waals surface area contributed by atoms with E-state index in [4.69, 9.17) is 11.6 Å². The quantitative estimate of drug-likeness (QED) is 0.865. The number of carbonyl (C=O) groups excluding carboxylic acids is 1. The number of benzene rings is 1. The number of nitrogens with zero attached hydrogens (tertiary/aromatic N) is 1. The van der Waals surface area contributed by atoms with Crippen LogP contribution < -0.4 is 5.32 Å². The van der Waals surface area contributed by atoms with E-state index in [2.05, 4.69) is 10.3 Å². The first kappa shape index (κ1) is 10.6. The summed E-state index contributed by atoms with van der Waals surface area (Å²) >= 11 is 5.88. The molecule has 0 aliphatic rings. The van der Waals surface area contributed by atoms with Crippen LogP contribution in [-0.2, 0) is 0 Å². The Bertz CT molecular complexity index is 499. The molecule has 80 valence electrons. The molecule has 0 atom stereocenters. The second kappa shape index (κ2) is 4.77. The van der Waals surface area contributed by atoms with Crippen molar-refractivity contribution in [3.8, 4) is 0 Å². The third-order valence-electron chi connectivity index (χ3n) is 2.03. The smallest absolute Gasteiger partial charge is 0.256 e. The van der Waals surface area contributed by atoms with Crippen molar-refractivity contribution in [2.75, 3.05) is 5.32 Å². The SMILES string of the molecule is O=C(Nc1ncccc1Cl)c1ccccc1. The Hall–Kier alpha value is -1.87. The summed E-state index contributed by atoms with van der Waals surface area (Å²) in [5.41, 5.74) is 0.573. The van der Waals surface area contributed by atoms with E-state index in [0.29, 0.717) is 16.4 Å². The highest BCUT2D eigenvalue weighted by molar-refractivity contribution is 6.33. The van der Waals surface area contributed by atoms with Gasteiger partial charge in [0.25, 0.3) is 5.91 Å². The molecule has 16 heavy (non-hydrogen) atoms. The van der Waals surface area contributed by atoms with Crippen LogP contribution in [0.2, 0.25) is 5.02 Å². The minimum atomic E-state index is -0.221. The standard InChI is InChI=1S/C12H9ClN2O/c13-10-7-4-8-14-11(10)15-12(16)9-5-2-1-3-6-9/h1-8H,(H,14,15,16). The Kier molecular flexibility index (Phi) is 3.17. The fourth-order valence-electron chi connectivity index (χ4n) is 1.25. The van der Waals surface area contributed by atoms with Crippen LogP contribution >= 0.6 is 11.6 Å². The maximum atomic E-state index is 11.8. The van der Waals surface area contributed by atoms with Crippen LogP contribution in [0.4, 0.5) is 5.82 Å². The van der Waals surface area contributed by atoms with Gasteiger partial charge in [-0.3, -0.25) is 4.79 Å². The zero-order valence-corrected chi connectivity index (χ0v) is 9.11. The van der Waals surface area contributed by atoms with E-state index in [1.54, 1.807) is 42.6 Å². The highest BCUT2D eigenvalue weighted by Gasteiger charge is 2.07. The second-order valence-corrected chi connectivity index (χ2v) is 3.56. The molecule has 4 heteroatoms. The maximum absolute atomic E-state index is 11.8. The molecule has 0 bridgehead atoms. The van der Waals surface area contributed by atoms with Crippen LogP contribution in [0.3, 0.4) is 0 Å². The van der Waals surface area contributed by atoms with E-state index in [0.717, 1.165) is 0 Å². The first-order valence-electron chi connectivity index (χ1n) is 4.74. The molecule has 0 aliphatic heterocycles. The molecule has 1 aromatic heterocycles.